The molecule has 0 saturated carbocycles. The quantitative estimate of drug-likeness (QED) is 0.890. The molecule has 2 aliphatic heterocycles. The van der Waals surface area contributed by atoms with Gasteiger partial charge in [-0.3, -0.25) is 14.5 Å². The predicted octanol–water partition coefficient (Wildman–Crippen LogP) is 2.50. The Hall–Kier alpha value is -2.02. The van der Waals surface area contributed by atoms with E-state index in [0.717, 1.165) is 12.5 Å². The number of carboxylic acid groups (broad SMARTS) is 1. The minimum Gasteiger partial charge on any atom is -0.481 e. The van der Waals surface area contributed by atoms with Crippen LogP contribution in [0.2, 0.25) is 0 Å². The second-order valence-electron chi connectivity index (χ2n) is 7.48. The van der Waals surface area contributed by atoms with Gasteiger partial charge in [-0.25, -0.2) is 8.78 Å². The van der Waals surface area contributed by atoms with Gasteiger partial charge in [0.05, 0.1) is 12.0 Å². The third-order valence-corrected chi connectivity index (χ3v) is 5.36. The van der Waals surface area contributed by atoms with Crippen LogP contribution >= 0.6 is 0 Å². The number of carbonyl (C=O) groups is 2. The fraction of sp³-hybridized carbons (Fsp3) is 0.579. The summed E-state index contributed by atoms with van der Waals surface area (Å²) in [5, 5.41) is 9.34. The molecule has 0 radical (unpaired) electrons. The molecule has 2 fully saturated rings. The van der Waals surface area contributed by atoms with E-state index in [1.54, 1.807) is 4.90 Å². The Morgan fingerprint density at radius 1 is 1.31 bits per heavy atom. The van der Waals surface area contributed by atoms with Crippen molar-refractivity contribution in [3.63, 3.8) is 0 Å². The third-order valence-electron chi connectivity index (χ3n) is 5.36. The number of piperidine rings is 2. The standard InChI is InChI=1S/C19H24F2N2O3/c1-12-7-14(19(25)26)11-23(9-12)17-3-2-6-22(18(17)24)10-13-4-5-15(20)8-16(13)21/h4-5,8,12,14,17H,2-3,6-7,9-11H2,1H3,(H,25,26). The molecule has 1 amide bonds. The molecular formula is C19H24F2N2O3. The Balaban J connectivity index is 1.72. The number of nitrogens with zero attached hydrogens (tertiary/aromatic N) is 2. The molecule has 2 saturated heterocycles. The Labute approximate surface area is 151 Å². The molecular weight excluding hydrogens is 342 g/mol. The zero-order valence-electron chi connectivity index (χ0n) is 14.8. The first kappa shape index (κ1) is 18.8. The zero-order valence-corrected chi connectivity index (χ0v) is 14.8. The van der Waals surface area contributed by atoms with Crippen LogP contribution in [-0.2, 0) is 16.1 Å². The average molecular weight is 366 g/mol. The summed E-state index contributed by atoms with van der Waals surface area (Å²) >= 11 is 0. The number of likely N-dealkylation sites (tertiary alicyclic amines) is 2. The van der Waals surface area contributed by atoms with E-state index in [0.29, 0.717) is 32.5 Å². The Kier molecular flexibility index (Phi) is 5.55. The summed E-state index contributed by atoms with van der Waals surface area (Å²) in [6, 6.07) is 3.02. The van der Waals surface area contributed by atoms with Crippen molar-refractivity contribution in [3.05, 3.63) is 35.4 Å². The van der Waals surface area contributed by atoms with E-state index in [4.69, 9.17) is 0 Å². The van der Waals surface area contributed by atoms with Gasteiger partial charge in [0.15, 0.2) is 0 Å². The van der Waals surface area contributed by atoms with Crippen LogP contribution < -0.4 is 0 Å². The Morgan fingerprint density at radius 2 is 2.08 bits per heavy atom. The average Bonchev–Trinajstić information content (AvgIpc) is 2.58. The smallest absolute Gasteiger partial charge is 0.307 e. The molecule has 1 N–H and O–H groups in total. The number of hydrogen-bond acceptors (Lipinski definition) is 3. The van der Waals surface area contributed by atoms with Crippen LogP contribution in [0.4, 0.5) is 8.78 Å². The number of benzene rings is 1. The molecule has 26 heavy (non-hydrogen) atoms. The SMILES string of the molecule is CC1CC(C(=O)O)CN(C2CCCN(Cc3ccc(F)cc3F)C2=O)C1. The normalized spacial score (nSPS) is 27.6. The van der Waals surface area contributed by atoms with Gasteiger partial charge in [-0.2, -0.15) is 0 Å². The lowest BCUT2D eigenvalue weighted by Crippen LogP contribution is -2.56. The number of hydrogen-bond donors (Lipinski definition) is 1. The highest BCUT2D eigenvalue weighted by molar-refractivity contribution is 5.82. The molecule has 2 heterocycles. The Morgan fingerprint density at radius 3 is 2.77 bits per heavy atom. The van der Waals surface area contributed by atoms with Gasteiger partial charge in [-0.1, -0.05) is 13.0 Å². The molecule has 1 aromatic carbocycles. The van der Waals surface area contributed by atoms with Crippen molar-refractivity contribution in [3.8, 4) is 0 Å². The van der Waals surface area contributed by atoms with Crippen LogP contribution in [0.15, 0.2) is 18.2 Å². The van der Waals surface area contributed by atoms with Gasteiger partial charge >= 0.3 is 5.97 Å². The first-order chi connectivity index (χ1) is 12.3. The highest BCUT2D eigenvalue weighted by Gasteiger charge is 2.38. The highest BCUT2D eigenvalue weighted by Crippen LogP contribution is 2.28. The minimum atomic E-state index is -0.824. The van der Waals surface area contributed by atoms with Crippen LogP contribution in [0, 0.1) is 23.5 Å². The third kappa shape index (κ3) is 4.03. The maximum atomic E-state index is 13.9. The summed E-state index contributed by atoms with van der Waals surface area (Å²) in [4.78, 5) is 27.9. The molecule has 3 atom stereocenters. The van der Waals surface area contributed by atoms with Crippen LogP contribution in [0.25, 0.3) is 0 Å². The minimum absolute atomic E-state index is 0.0989. The van der Waals surface area contributed by atoms with Gasteiger partial charge in [0.1, 0.15) is 11.6 Å². The van der Waals surface area contributed by atoms with Crippen molar-refractivity contribution in [2.45, 2.75) is 38.8 Å². The van der Waals surface area contributed by atoms with Crippen molar-refractivity contribution in [1.29, 1.82) is 0 Å². The van der Waals surface area contributed by atoms with E-state index in [-0.39, 0.29) is 30.0 Å². The number of rotatable bonds is 4. The summed E-state index contributed by atoms with van der Waals surface area (Å²) < 4.78 is 27.0. The van der Waals surface area contributed by atoms with Crippen molar-refractivity contribution < 1.29 is 23.5 Å². The lowest BCUT2D eigenvalue weighted by Gasteiger charge is -2.43. The van der Waals surface area contributed by atoms with Gasteiger partial charge < -0.3 is 10.0 Å². The molecule has 0 bridgehead atoms. The lowest BCUT2D eigenvalue weighted by molar-refractivity contribution is -0.149. The first-order valence-corrected chi connectivity index (χ1v) is 9.04. The molecule has 5 nitrogen and oxygen atoms in total. The van der Waals surface area contributed by atoms with E-state index in [1.807, 2.05) is 11.8 Å². The van der Waals surface area contributed by atoms with E-state index in [1.165, 1.54) is 12.1 Å². The number of aliphatic carboxylic acids is 1. The lowest BCUT2D eigenvalue weighted by atomic mass is 9.88. The van der Waals surface area contributed by atoms with Crippen LogP contribution in [0.1, 0.15) is 31.7 Å². The zero-order chi connectivity index (χ0) is 18.8. The van der Waals surface area contributed by atoms with Crippen LogP contribution in [0.3, 0.4) is 0 Å². The second kappa shape index (κ2) is 7.70. The number of carbonyl (C=O) groups excluding carboxylic acids is 1. The van der Waals surface area contributed by atoms with Crippen LogP contribution in [-0.4, -0.2) is 52.5 Å². The maximum Gasteiger partial charge on any atom is 0.307 e. The molecule has 3 unspecified atom stereocenters. The molecule has 7 heteroatoms. The van der Waals surface area contributed by atoms with Gasteiger partial charge in [0.2, 0.25) is 5.91 Å². The van der Waals surface area contributed by atoms with E-state index in [9.17, 15) is 23.5 Å². The molecule has 142 valence electrons. The number of carboxylic acids is 1. The predicted molar refractivity (Wildman–Crippen MR) is 91.3 cm³/mol. The summed E-state index contributed by atoms with van der Waals surface area (Å²) in [6.45, 7) is 3.69. The number of amides is 1. The molecule has 0 aromatic heterocycles. The van der Waals surface area contributed by atoms with Gasteiger partial charge in [0.25, 0.3) is 0 Å². The van der Waals surface area contributed by atoms with Gasteiger partial charge in [0, 0.05) is 37.8 Å². The van der Waals surface area contributed by atoms with Gasteiger partial charge in [-0.05, 0) is 31.2 Å². The Bertz CT molecular complexity index is 697. The van der Waals surface area contributed by atoms with Gasteiger partial charge in [-0.15, -0.1) is 0 Å². The summed E-state index contributed by atoms with van der Waals surface area (Å²) in [5.41, 5.74) is 0.288. The second-order valence-corrected chi connectivity index (χ2v) is 7.48. The molecule has 0 aliphatic carbocycles. The largest absolute Gasteiger partial charge is 0.481 e. The maximum absolute atomic E-state index is 13.9. The van der Waals surface area contributed by atoms with Crippen LogP contribution in [0.5, 0.6) is 0 Å². The van der Waals surface area contributed by atoms with E-state index in [2.05, 4.69) is 0 Å². The fourth-order valence-electron chi connectivity index (χ4n) is 4.10. The molecule has 2 aliphatic rings. The molecule has 1 aromatic rings. The fourth-order valence-corrected chi connectivity index (χ4v) is 4.10. The number of halogens is 2. The summed E-state index contributed by atoms with van der Waals surface area (Å²) in [5.74, 6) is -2.47. The molecule has 3 rings (SSSR count). The monoisotopic (exact) mass is 366 g/mol. The van der Waals surface area contributed by atoms with Crippen molar-refractivity contribution in [2.24, 2.45) is 11.8 Å². The molecule has 0 spiro atoms. The van der Waals surface area contributed by atoms with Crippen molar-refractivity contribution in [2.75, 3.05) is 19.6 Å². The van der Waals surface area contributed by atoms with Crippen molar-refractivity contribution >= 4 is 11.9 Å². The van der Waals surface area contributed by atoms with E-state index >= 15 is 0 Å². The van der Waals surface area contributed by atoms with E-state index < -0.39 is 23.5 Å². The van der Waals surface area contributed by atoms with Crippen molar-refractivity contribution in [1.82, 2.24) is 9.80 Å². The topological polar surface area (TPSA) is 60.9 Å². The highest BCUT2D eigenvalue weighted by atomic mass is 19.1. The first-order valence-electron chi connectivity index (χ1n) is 9.04. The summed E-state index contributed by atoms with van der Waals surface area (Å²) in [6.07, 6.45) is 2.08. The summed E-state index contributed by atoms with van der Waals surface area (Å²) in [7, 11) is 0.